The number of thioether (sulfide) groups is 1. The fourth-order valence-corrected chi connectivity index (χ4v) is 2.55. The van der Waals surface area contributed by atoms with Crippen molar-refractivity contribution in [1.82, 2.24) is 0 Å². The van der Waals surface area contributed by atoms with Crippen LogP contribution in [-0.4, -0.2) is 16.8 Å². The van der Waals surface area contributed by atoms with Crippen LogP contribution in [-0.2, 0) is 4.79 Å². The van der Waals surface area contributed by atoms with Crippen molar-refractivity contribution >= 4 is 17.7 Å². The molecule has 1 rings (SSSR count). The van der Waals surface area contributed by atoms with Crippen LogP contribution in [0.3, 0.4) is 0 Å². The van der Waals surface area contributed by atoms with E-state index in [1.165, 1.54) is 17.7 Å². The molecule has 0 aliphatic carbocycles. The maximum Gasteiger partial charge on any atom is 0.303 e. The second-order valence-electron chi connectivity index (χ2n) is 4.07. The Morgan fingerprint density at radius 1 is 1.00 bits per heavy atom. The van der Waals surface area contributed by atoms with E-state index in [4.69, 9.17) is 5.11 Å². The topological polar surface area (TPSA) is 37.3 Å². The van der Waals surface area contributed by atoms with Gasteiger partial charge < -0.3 is 5.11 Å². The molecule has 0 atom stereocenters. The molecule has 2 nitrogen and oxygen atoms in total. The van der Waals surface area contributed by atoms with E-state index >= 15 is 0 Å². The van der Waals surface area contributed by atoms with Crippen molar-refractivity contribution in [3.8, 4) is 0 Å². The van der Waals surface area contributed by atoms with Gasteiger partial charge in [-0.2, -0.15) is 0 Å². The highest BCUT2D eigenvalue weighted by Gasteiger charge is 1.97. The van der Waals surface area contributed by atoms with Gasteiger partial charge in [-0.25, -0.2) is 0 Å². The minimum absolute atomic E-state index is 0.318. The number of benzene rings is 1. The lowest BCUT2D eigenvalue weighted by atomic mass is 10.1. The highest BCUT2D eigenvalue weighted by Crippen LogP contribution is 2.19. The first-order valence-corrected chi connectivity index (χ1v) is 7.17. The van der Waals surface area contributed by atoms with Crippen molar-refractivity contribution in [3.05, 3.63) is 30.3 Å². The Morgan fingerprint density at radius 2 is 1.65 bits per heavy atom. The molecule has 0 amide bonds. The lowest BCUT2D eigenvalue weighted by molar-refractivity contribution is -0.137. The molecule has 3 heteroatoms. The summed E-state index contributed by atoms with van der Waals surface area (Å²) in [5.41, 5.74) is 0. The Kier molecular flexibility index (Phi) is 7.56. The van der Waals surface area contributed by atoms with Crippen molar-refractivity contribution in [2.75, 3.05) is 5.75 Å². The molecule has 0 aromatic heterocycles. The molecule has 94 valence electrons. The summed E-state index contributed by atoms with van der Waals surface area (Å²) in [5, 5.41) is 8.48. The zero-order valence-corrected chi connectivity index (χ0v) is 10.9. The van der Waals surface area contributed by atoms with Gasteiger partial charge in [0.25, 0.3) is 0 Å². The van der Waals surface area contributed by atoms with Crippen LogP contribution in [0.25, 0.3) is 0 Å². The normalized spacial score (nSPS) is 10.4. The predicted molar refractivity (Wildman–Crippen MR) is 72.5 cm³/mol. The number of carboxylic acid groups (broad SMARTS) is 1. The third-order valence-electron chi connectivity index (χ3n) is 2.55. The SMILES string of the molecule is O=C(O)CCCCCCCSc1ccccc1. The van der Waals surface area contributed by atoms with Gasteiger partial charge >= 0.3 is 5.97 Å². The third-order valence-corrected chi connectivity index (χ3v) is 3.65. The molecule has 0 aliphatic heterocycles. The molecular weight excluding hydrogens is 232 g/mol. The van der Waals surface area contributed by atoms with E-state index in [1.54, 1.807) is 0 Å². The van der Waals surface area contributed by atoms with E-state index in [0.29, 0.717) is 6.42 Å². The number of carboxylic acids is 1. The largest absolute Gasteiger partial charge is 0.481 e. The van der Waals surface area contributed by atoms with Crippen LogP contribution in [0.2, 0.25) is 0 Å². The van der Waals surface area contributed by atoms with E-state index in [-0.39, 0.29) is 0 Å². The lowest BCUT2D eigenvalue weighted by Crippen LogP contribution is -1.93. The minimum Gasteiger partial charge on any atom is -0.481 e. The first kappa shape index (κ1) is 14.1. The maximum absolute atomic E-state index is 10.3. The Bertz CT molecular complexity index is 311. The molecule has 0 fully saturated rings. The van der Waals surface area contributed by atoms with Gasteiger partial charge in [-0.3, -0.25) is 4.79 Å². The highest BCUT2D eigenvalue weighted by atomic mass is 32.2. The molecule has 0 heterocycles. The number of unbranched alkanes of at least 4 members (excludes halogenated alkanes) is 4. The van der Waals surface area contributed by atoms with Gasteiger partial charge in [0.05, 0.1) is 0 Å². The van der Waals surface area contributed by atoms with Crippen LogP contribution in [0.4, 0.5) is 0 Å². The van der Waals surface area contributed by atoms with E-state index in [1.807, 2.05) is 17.8 Å². The minimum atomic E-state index is -0.676. The van der Waals surface area contributed by atoms with Crippen LogP contribution in [0.1, 0.15) is 38.5 Å². The fraction of sp³-hybridized carbons (Fsp3) is 0.500. The number of aliphatic carboxylic acids is 1. The molecule has 0 spiro atoms. The van der Waals surface area contributed by atoms with Gasteiger partial charge in [-0.15, -0.1) is 11.8 Å². The predicted octanol–water partition coefficient (Wildman–Crippen LogP) is 4.20. The lowest BCUT2D eigenvalue weighted by Gasteiger charge is -2.01. The Balaban J connectivity index is 1.90. The monoisotopic (exact) mass is 252 g/mol. The summed E-state index contributed by atoms with van der Waals surface area (Å²) in [5.74, 6) is 0.479. The summed E-state index contributed by atoms with van der Waals surface area (Å²) in [7, 11) is 0. The van der Waals surface area contributed by atoms with Crippen molar-refractivity contribution in [2.45, 2.75) is 43.4 Å². The van der Waals surface area contributed by atoms with Gasteiger partial charge in [-0.05, 0) is 30.7 Å². The molecule has 17 heavy (non-hydrogen) atoms. The summed E-state index contributed by atoms with van der Waals surface area (Å²) >= 11 is 1.89. The Hall–Kier alpha value is -0.960. The third kappa shape index (κ3) is 7.86. The molecule has 1 aromatic rings. The van der Waals surface area contributed by atoms with E-state index in [2.05, 4.69) is 24.3 Å². The average molecular weight is 252 g/mol. The maximum atomic E-state index is 10.3. The van der Waals surface area contributed by atoms with Crippen LogP contribution in [0.5, 0.6) is 0 Å². The van der Waals surface area contributed by atoms with Gasteiger partial charge in [0, 0.05) is 11.3 Å². The van der Waals surface area contributed by atoms with Gasteiger partial charge in [0.15, 0.2) is 0 Å². The highest BCUT2D eigenvalue weighted by molar-refractivity contribution is 7.99. The Morgan fingerprint density at radius 3 is 2.35 bits per heavy atom. The number of carbonyl (C=O) groups is 1. The van der Waals surface area contributed by atoms with Gasteiger partial charge in [-0.1, -0.05) is 37.5 Å². The Labute approximate surface area is 107 Å². The molecule has 0 aliphatic rings. The van der Waals surface area contributed by atoms with Gasteiger partial charge in [0.1, 0.15) is 0 Å². The first-order valence-electron chi connectivity index (χ1n) is 6.18. The second-order valence-corrected chi connectivity index (χ2v) is 5.24. The van der Waals surface area contributed by atoms with Crippen molar-refractivity contribution in [2.24, 2.45) is 0 Å². The summed E-state index contributed by atoms with van der Waals surface area (Å²) in [4.78, 5) is 11.6. The van der Waals surface area contributed by atoms with Crippen molar-refractivity contribution < 1.29 is 9.90 Å². The van der Waals surface area contributed by atoms with Gasteiger partial charge in [0.2, 0.25) is 0 Å². The summed E-state index contributed by atoms with van der Waals surface area (Å²) in [6.07, 6.45) is 5.76. The molecule has 0 radical (unpaired) electrons. The van der Waals surface area contributed by atoms with Crippen LogP contribution in [0.15, 0.2) is 35.2 Å². The molecule has 0 saturated heterocycles. The van der Waals surface area contributed by atoms with Crippen molar-refractivity contribution in [3.63, 3.8) is 0 Å². The number of hydrogen-bond donors (Lipinski definition) is 1. The molecule has 1 aromatic carbocycles. The molecule has 0 unspecified atom stereocenters. The van der Waals surface area contributed by atoms with Crippen LogP contribution >= 0.6 is 11.8 Å². The molecule has 0 saturated carbocycles. The summed E-state index contributed by atoms with van der Waals surface area (Å²) in [6, 6.07) is 10.4. The van der Waals surface area contributed by atoms with E-state index < -0.39 is 5.97 Å². The summed E-state index contributed by atoms with van der Waals surface area (Å²) < 4.78 is 0. The fourth-order valence-electron chi connectivity index (χ4n) is 1.62. The van der Waals surface area contributed by atoms with Crippen molar-refractivity contribution in [1.29, 1.82) is 0 Å². The number of hydrogen-bond acceptors (Lipinski definition) is 2. The molecule has 0 bridgehead atoms. The molecular formula is C14H20O2S. The average Bonchev–Trinajstić information content (AvgIpc) is 2.33. The smallest absolute Gasteiger partial charge is 0.303 e. The standard InChI is InChI=1S/C14H20O2S/c15-14(16)11-7-2-1-3-8-12-17-13-9-5-4-6-10-13/h4-6,9-10H,1-3,7-8,11-12H2,(H,15,16). The first-order chi connectivity index (χ1) is 8.29. The van der Waals surface area contributed by atoms with Crippen LogP contribution in [0, 0.1) is 0 Å². The quantitative estimate of drug-likeness (QED) is 0.528. The summed E-state index contributed by atoms with van der Waals surface area (Å²) in [6.45, 7) is 0. The second kappa shape index (κ2) is 9.11. The van der Waals surface area contributed by atoms with E-state index in [0.717, 1.165) is 25.0 Å². The number of rotatable bonds is 9. The molecule has 1 N–H and O–H groups in total. The zero-order valence-electron chi connectivity index (χ0n) is 10.1. The zero-order chi connectivity index (χ0) is 12.3. The van der Waals surface area contributed by atoms with Crippen LogP contribution < -0.4 is 0 Å². The van der Waals surface area contributed by atoms with E-state index in [9.17, 15) is 4.79 Å².